The lowest BCUT2D eigenvalue weighted by Crippen LogP contribution is -2.30. The van der Waals surface area contributed by atoms with Crippen molar-refractivity contribution in [2.75, 3.05) is 23.3 Å². The van der Waals surface area contributed by atoms with Gasteiger partial charge in [0.25, 0.3) is 0 Å². The quantitative estimate of drug-likeness (QED) is 0.851. The molecule has 0 radical (unpaired) electrons. The maximum atomic E-state index is 13.3. The molecule has 3 rings (SSSR count). The van der Waals surface area contributed by atoms with Crippen molar-refractivity contribution in [1.29, 1.82) is 0 Å². The summed E-state index contributed by atoms with van der Waals surface area (Å²) in [5.41, 5.74) is 3.03. The number of nitrogens with one attached hydrogen (secondary N) is 1. The zero-order valence-electron chi connectivity index (χ0n) is 9.66. The van der Waals surface area contributed by atoms with Gasteiger partial charge in [0.05, 0.1) is 11.4 Å². The highest BCUT2D eigenvalue weighted by Gasteiger charge is 2.18. The normalized spacial score (nSPS) is 14.0. The van der Waals surface area contributed by atoms with Gasteiger partial charge in [-0.25, -0.2) is 4.39 Å². The van der Waals surface area contributed by atoms with Crippen molar-refractivity contribution < 1.29 is 4.39 Å². The standard InChI is InChI=1S/C14H12BrFN2/c15-10-4-5-13-14(8-10)18(7-6-17-13)12-3-1-2-11(16)9-12/h1-5,8-9,17H,6-7H2. The summed E-state index contributed by atoms with van der Waals surface area (Å²) in [5, 5.41) is 3.35. The van der Waals surface area contributed by atoms with Crippen LogP contribution in [0.15, 0.2) is 46.9 Å². The monoisotopic (exact) mass is 306 g/mol. The molecule has 0 saturated carbocycles. The second-order valence-corrected chi connectivity index (χ2v) is 5.14. The van der Waals surface area contributed by atoms with Crippen molar-refractivity contribution in [2.24, 2.45) is 0 Å². The van der Waals surface area contributed by atoms with Gasteiger partial charge in [-0.2, -0.15) is 0 Å². The smallest absolute Gasteiger partial charge is 0.125 e. The third-order valence-electron chi connectivity index (χ3n) is 3.02. The number of hydrogen-bond donors (Lipinski definition) is 1. The molecule has 18 heavy (non-hydrogen) atoms. The summed E-state index contributed by atoms with van der Waals surface area (Å²) < 4.78 is 14.3. The van der Waals surface area contributed by atoms with E-state index in [2.05, 4.69) is 26.1 Å². The van der Waals surface area contributed by atoms with E-state index in [0.717, 1.165) is 34.6 Å². The highest BCUT2D eigenvalue weighted by molar-refractivity contribution is 9.10. The van der Waals surface area contributed by atoms with E-state index in [4.69, 9.17) is 0 Å². The molecule has 0 saturated heterocycles. The summed E-state index contributed by atoms with van der Waals surface area (Å²) in [4.78, 5) is 2.12. The second kappa shape index (κ2) is 4.61. The first-order chi connectivity index (χ1) is 8.74. The molecular weight excluding hydrogens is 295 g/mol. The first kappa shape index (κ1) is 11.5. The summed E-state index contributed by atoms with van der Waals surface area (Å²) in [6.45, 7) is 1.68. The third kappa shape index (κ3) is 2.08. The number of hydrogen-bond acceptors (Lipinski definition) is 2. The number of anilines is 3. The van der Waals surface area contributed by atoms with E-state index in [-0.39, 0.29) is 5.82 Å². The molecule has 1 heterocycles. The lowest BCUT2D eigenvalue weighted by molar-refractivity contribution is 0.627. The van der Waals surface area contributed by atoms with E-state index in [1.807, 2.05) is 24.3 Å². The van der Waals surface area contributed by atoms with Gasteiger partial charge in [0.15, 0.2) is 0 Å². The van der Waals surface area contributed by atoms with Gasteiger partial charge in [0.2, 0.25) is 0 Å². The average Bonchev–Trinajstić information content (AvgIpc) is 2.38. The van der Waals surface area contributed by atoms with Crippen molar-refractivity contribution in [1.82, 2.24) is 0 Å². The molecule has 0 bridgehead atoms. The predicted octanol–water partition coefficient (Wildman–Crippen LogP) is 4.15. The molecule has 2 nitrogen and oxygen atoms in total. The van der Waals surface area contributed by atoms with Crippen LogP contribution in [0, 0.1) is 5.82 Å². The van der Waals surface area contributed by atoms with Crippen LogP contribution in [0.5, 0.6) is 0 Å². The van der Waals surface area contributed by atoms with Crippen molar-refractivity contribution >= 4 is 33.0 Å². The van der Waals surface area contributed by atoms with Crippen molar-refractivity contribution in [3.05, 3.63) is 52.8 Å². The minimum atomic E-state index is -0.206. The molecule has 2 aromatic carbocycles. The van der Waals surface area contributed by atoms with Crippen molar-refractivity contribution in [2.45, 2.75) is 0 Å². The molecule has 92 valence electrons. The number of rotatable bonds is 1. The molecule has 1 aliphatic rings. The van der Waals surface area contributed by atoms with E-state index < -0.39 is 0 Å². The molecule has 0 aliphatic carbocycles. The molecule has 0 aromatic heterocycles. The van der Waals surface area contributed by atoms with Crippen LogP contribution >= 0.6 is 15.9 Å². The van der Waals surface area contributed by atoms with Gasteiger partial charge in [-0.05, 0) is 36.4 Å². The highest BCUT2D eigenvalue weighted by Crippen LogP contribution is 2.36. The first-order valence-corrected chi connectivity index (χ1v) is 6.60. The summed E-state index contributed by atoms with van der Waals surface area (Å²) in [6, 6.07) is 12.8. The first-order valence-electron chi connectivity index (χ1n) is 5.80. The van der Waals surface area contributed by atoms with E-state index >= 15 is 0 Å². The Bertz CT molecular complexity index is 586. The topological polar surface area (TPSA) is 15.3 Å². The number of fused-ring (bicyclic) bond motifs is 1. The van der Waals surface area contributed by atoms with Gasteiger partial charge in [-0.15, -0.1) is 0 Å². The molecule has 0 spiro atoms. The maximum Gasteiger partial charge on any atom is 0.125 e. The zero-order chi connectivity index (χ0) is 12.5. The molecule has 2 aromatic rings. The van der Waals surface area contributed by atoms with Crippen LogP contribution < -0.4 is 10.2 Å². The molecular formula is C14H12BrFN2. The summed E-state index contributed by atoms with van der Waals surface area (Å²) in [5.74, 6) is -0.206. The Balaban J connectivity index is 2.08. The maximum absolute atomic E-state index is 13.3. The Labute approximate surface area is 114 Å². The lowest BCUT2D eigenvalue weighted by Gasteiger charge is -2.32. The SMILES string of the molecule is Fc1cccc(N2CCNc3ccc(Br)cc32)c1. The lowest BCUT2D eigenvalue weighted by atomic mass is 10.1. The van der Waals surface area contributed by atoms with Gasteiger partial charge in [-0.3, -0.25) is 0 Å². The minimum absolute atomic E-state index is 0.206. The molecule has 0 atom stereocenters. The van der Waals surface area contributed by atoms with Crippen molar-refractivity contribution in [3.63, 3.8) is 0 Å². The molecule has 0 amide bonds. The Hall–Kier alpha value is -1.55. The molecule has 0 unspecified atom stereocenters. The molecule has 0 fully saturated rings. The van der Waals surface area contributed by atoms with Crippen LogP contribution in [0.25, 0.3) is 0 Å². The average molecular weight is 307 g/mol. The van der Waals surface area contributed by atoms with E-state index in [0.29, 0.717) is 0 Å². The van der Waals surface area contributed by atoms with Crippen LogP contribution in [0.2, 0.25) is 0 Å². The van der Waals surface area contributed by atoms with Gasteiger partial charge in [-0.1, -0.05) is 22.0 Å². The summed E-state index contributed by atoms with van der Waals surface area (Å²) in [7, 11) is 0. The second-order valence-electron chi connectivity index (χ2n) is 4.22. The van der Waals surface area contributed by atoms with E-state index in [9.17, 15) is 4.39 Å². The highest BCUT2D eigenvalue weighted by atomic mass is 79.9. The van der Waals surface area contributed by atoms with Crippen LogP contribution in [0.4, 0.5) is 21.5 Å². The Morgan fingerprint density at radius 2 is 2.06 bits per heavy atom. The number of benzene rings is 2. The largest absolute Gasteiger partial charge is 0.382 e. The predicted molar refractivity (Wildman–Crippen MR) is 76.0 cm³/mol. The van der Waals surface area contributed by atoms with Crippen LogP contribution in [0.3, 0.4) is 0 Å². The number of halogens is 2. The van der Waals surface area contributed by atoms with Gasteiger partial charge < -0.3 is 10.2 Å². The molecule has 1 aliphatic heterocycles. The molecule has 1 N–H and O–H groups in total. The summed E-state index contributed by atoms with van der Waals surface area (Å²) in [6.07, 6.45) is 0. The fraction of sp³-hybridized carbons (Fsp3) is 0.143. The molecule has 4 heteroatoms. The third-order valence-corrected chi connectivity index (χ3v) is 3.51. The Morgan fingerprint density at radius 1 is 1.17 bits per heavy atom. The zero-order valence-corrected chi connectivity index (χ0v) is 11.2. The Morgan fingerprint density at radius 3 is 2.89 bits per heavy atom. The van der Waals surface area contributed by atoms with E-state index in [1.165, 1.54) is 6.07 Å². The minimum Gasteiger partial charge on any atom is -0.382 e. The van der Waals surface area contributed by atoms with Crippen LogP contribution in [-0.4, -0.2) is 13.1 Å². The van der Waals surface area contributed by atoms with Gasteiger partial charge in [0, 0.05) is 23.2 Å². The van der Waals surface area contributed by atoms with E-state index in [1.54, 1.807) is 12.1 Å². The van der Waals surface area contributed by atoms with Gasteiger partial charge >= 0.3 is 0 Å². The number of nitrogens with zero attached hydrogens (tertiary/aromatic N) is 1. The summed E-state index contributed by atoms with van der Waals surface area (Å²) >= 11 is 3.48. The van der Waals surface area contributed by atoms with Crippen LogP contribution in [0.1, 0.15) is 0 Å². The van der Waals surface area contributed by atoms with Crippen LogP contribution in [-0.2, 0) is 0 Å². The van der Waals surface area contributed by atoms with Crippen molar-refractivity contribution in [3.8, 4) is 0 Å². The Kier molecular flexibility index (Phi) is 2.96. The van der Waals surface area contributed by atoms with Gasteiger partial charge in [0.1, 0.15) is 5.82 Å². The fourth-order valence-corrected chi connectivity index (χ4v) is 2.56. The fourth-order valence-electron chi connectivity index (χ4n) is 2.21.